The van der Waals surface area contributed by atoms with E-state index in [0.29, 0.717) is 6.04 Å². The number of benzene rings is 1. The number of nitrogens with zero attached hydrogens (tertiary/aromatic N) is 4. The zero-order valence-corrected chi connectivity index (χ0v) is 10.5. The van der Waals surface area contributed by atoms with Crippen molar-refractivity contribution in [3.8, 4) is 11.8 Å². The predicted octanol–water partition coefficient (Wildman–Crippen LogP) is 1.81. The molecule has 0 saturated heterocycles. The molecule has 0 aliphatic carbocycles. The first-order valence-corrected chi connectivity index (χ1v) is 5.90. The van der Waals surface area contributed by atoms with Crippen molar-refractivity contribution in [3.05, 3.63) is 42.0 Å². The molecular formula is C13H15N5. The second kappa shape index (κ2) is 5.43. The van der Waals surface area contributed by atoms with Gasteiger partial charge in [0.05, 0.1) is 5.69 Å². The highest BCUT2D eigenvalue weighted by Gasteiger charge is 2.05. The summed E-state index contributed by atoms with van der Waals surface area (Å²) < 4.78 is 1.60. The van der Waals surface area contributed by atoms with Gasteiger partial charge in [0.15, 0.2) is 0 Å². The molecule has 0 amide bonds. The molecule has 5 heteroatoms. The van der Waals surface area contributed by atoms with Crippen molar-refractivity contribution in [2.75, 3.05) is 6.54 Å². The van der Waals surface area contributed by atoms with Crippen molar-refractivity contribution in [1.29, 1.82) is 5.26 Å². The Morgan fingerprint density at radius 2 is 2.11 bits per heavy atom. The Balaban J connectivity index is 2.19. The van der Waals surface area contributed by atoms with Gasteiger partial charge in [0.25, 0.3) is 5.82 Å². The third kappa shape index (κ3) is 2.55. The summed E-state index contributed by atoms with van der Waals surface area (Å²) in [5.41, 5.74) is 2.12. The standard InChI is InChI=1S/C13H15N5/c1-3-15-10(2)11-4-6-12(7-5-11)18-9-16-13(8-14)17-18/h4-7,9-10,15H,3H2,1-2H3. The first kappa shape index (κ1) is 12.3. The van der Waals surface area contributed by atoms with E-state index in [4.69, 9.17) is 5.26 Å². The molecule has 92 valence electrons. The van der Waals surface area contributed by atoms with Crippen LogP contribution in [0.1, 0.15) is 31.3 Å². The Hall–Kier alpha value is -2.19. The van der Waals surface area contributed by atoms with Crippen molar-refractivity contribution in [2.45, 2.75) is 19.9 Å². The number of nitrogens with one attached hydrogen (secondary N) is 1. The smallest absolute Gasteiger partial charge is 0.252 e. The molecule has 1 N–H and O–H groups in total. The lowest BCUT2D eigenvalue weighted by Gasteiger charge is -2.12. The molecule has 1 unspecified atom stereocenters. The highest BCUT2D eigenvalue weighted by Crippen LogP contribution is 2.14. The van der Waals surface area contributed by atoms with Crippen molar-refractivity contribution in [2.24, 2.45) is 0 Å². The lowest BCUT2D eigenvalue weighted by molar-refractivity contribution is 0.598. The fraction of sp³-hybridized carbons (Fsp3) is 0.308. The molecule has 2 aromatic rings. The van der Waals surface area contributed by atoms with E-state index >= 15 is 0 Å². The molecule has 1 aromatic carbocycles. The Labute approximate surface area is 106 Å². The second-order valence-corrected chi connectivity index (χ2v) is 4.00. The zero-order valence-electron chi connectivity index (χ0n) is 10.5. The van der Waals surface area contributed by atoms with Crippen LogP contribution in [0.15, 0.2) is 30.6 Å². The van der Waals surface area contributed by atoms with Crippen LogP contribution in [0.5, 0.6) is 0 Å². The fourth-order valence-corrected chi connectivity index (χ4v) is 1.78. The van der Waals surface area contributed by atoms with Gasteiger partial charge < -0.3 is 5.32 Å². The summed E-state index contributed by atoms with van der Waals surface area (Å²) in [6, 6.07) is 10.3. The van der Waals surface area contributed by atoms with E-state index < -0.39 is 0 Å². The third-order valence-electron chi connectivity index (χ3n) is 2.76. The Morgan fingerprint density at radius 1 is 1.39 bits per heavy atom. The van der Waals surface area contributed by atoms with E-state index in [1.54, 1.807) is 11.0 Å². The van der Waals surface area contributed by atoms with Crippen molar-refractivity contribution >= 4 is 0 Å². The Kier molecular flexibility index (Phi) is 3.70. The topological polar surface area (TPSA) is 66.5 Å². The van der Waals surface area contributed by atoms with Gasteiger partial charge in [-0.2, -0.15) is 5.26 Å². The van der Waals surface area contributed by atoms with E-state index in [-0.39, 0.29) is 5.82 Å². The van der Waals surface area contributed by atoms with E-state index in [1.165, 1.54) is 5.56 Å². The van der Waals surface area contributed by atoms with Crippen LogP contribution in [0.3, 0.4) is 0 Å². The van der Waals surface area contributed by atoms with E-state index in [1.807, 2.05) is 18.2 Å². The maximum Gasteiger partial charge on any atom is 0.252 e. The summed E-state index contributed by atoms with van der Waals surface area (Å²) in [4.78, 5) is 3.88. The van der Waals surface area contributed by atoms with Gasteiger partial charge in [0.2, 0.25) is 0 Å². The van der Waals surface area contributed by atoms with Crippen LogP contribution in [0.25, 0.3) is 5.69 Å². The monoisotopic (exact) mass is 241 g/mol. The highest BCUT2D eigenvalue weighted by atomic mass is 15.3. The number of nitriles is 1. The average Bonchev–Trinajstić information content (AvgIpc) is 2.88. The summed E-state index contributed by atoms with van der Waals surface area (Å²) in [6.45, 7) is 5.16. The molecule has 1 heterocycles. The number of aromatic nitrogens is 3. The van der Waals surface area contributed by atoms with Gasteiger partial charge in [0, 0.05) is 6.04 Å². The minimum atomic E-state index is 0.181. The van der Waals surface area contributed by atoms with E-state index in [9.17, 15) is 0 Å². The van der Waals surface area contributed by atoms with Gasteiger partial charge >= 0.3 is 0 Å². The highest BCUT2D eigenvalue weighted by molar-refractivity contribution is 5.34. The van der Waals surface area contributed by atoms with Crippen LogP contribution >= 0.6 is 0 Å². The molecule has 5 nitrogen and oxygen atoms in total. The van der Waals surface area contributed by atoms with Crippen molar-refractivity contribution in [1.82, 2.24) is 20.1 Å². The van der Waals surface area contributed by atoms with Gasteiger partial charge in [-0.1, -0.05) is 19.1 Å². The summed E-state index contributed by atoms with van der Waals surface area (Å²) in [7, 11) is 0. The molecule has 0 spiro atoms. The maximum atomic E-state index is 8.68. The fourth-order valence-electron chi connectivity index (χ4n) is 1.78. The maximum absolute atomic E-state index is 8.68. The van der Waals surface area contributed by atoms with Gasteiger partial charge in [-0.15, -0.1) is 5.10 Å². The first-order valence-electron chi connectivity index (χ1n) is 5.90. The summed E-state index contributed by atoms with van der Waals surface area (Å²) in [5, 5.41) is 16.1. The van der Waals surface area contributed by atoms with Crippen LogP contribution in [-0.4, -0.2) is 21.3 Å². The van der Waals surface area contributed by atoms with Crippen LogP contribution in [0.2, 0.25) is 0 Å². The lowest BCUT2D eigenvalue weighted by Crippen LogP contribution is -2.17. The van der Waals surface area contributed by atoms with Gasteiger partial charge in [-0.05, 0) is 31.2 Å². The van der Waals surface area contributed by atoms with Crippen molar-refractivity contribution < 1.29 is 0 Å². The second-order valence-electron chi connectivity index (χ2n) is 4.00. The minimum absolute atomic E-state index is 0.181. The van der Waals surface area contributed by atoms with Gasteiger partial charge in [0.1, 0.15) is 12.4 Å². The zero-order chi connectivity index (χ0) is 13.0. The number of hydrogen-bond acceptors (Lipinski definition) is 4. The lowest BCUT2D eigenvalue weighted by atomic mass is 10.1. The molecule has 1 aromatic heterocycles. The molecule has 1 atom stereocenters. The normalized spacial score (nSPS) is 12.1. The molecule has 0 aliphatic heterocycles. The largest absolute Gasteiger partial charge is 0.310 e. The molecular weight excluding hydrogens is 226 g/mol. The Bertz CT molecular complexity index is 550. The van der Waals surface area contributed by atoms with Gasteiger partial charge in [-0.25, -0.2) is 9.67 Å². The van der Waals surface area contributed by atoms with Crippen LogP contribution in [-0.2, 0) is 0 Å². The quantitative estimate of drug-likeness (QED) is 0.886. The SMILES string of the molecule is CCNC(C)c1ccc(-n2cnc(C#N)n2)cc1. The molecule has 0 bridgehead atoms. The molecule has 0 fully saturated rings. The minimum Gasteiger partial charge on any atom is -0.310 e. The molecule has 0 saturated carbocycles. The number of rotatable bonds is 4. The molecule has 0 aliphatic rings. The van der Waals surface area contributed by atoms with Gasteiger partial charge in [-0.3, -0.25) is 0 Å². The average molecular weight is 241 g/mol. The van der Waals surface area contributed by atoms with Crippen LogP contribution in [0, 0.1) is 11.3 Å². The third-order valence-corrected chi connectivity index (χ3v) is 2.76. The summed E-state index contributed by atoms with van der Waals surface area (Å²) in [6.07, 6.45) is 1.54. The predicted molar refractivity (Wildman–Crippen MR) is 68.2 cm³/mol. The molecule has 18 heavy (non-hydrogen) atoms. The van der Waals surface area contributed by atoms with E-state index in [0.717, 1.165) is 12.2 Å². The number of hydrogen-bond donors (Lipinski definition) is 1. The Morgan fingerprint density at radius 3 is 2.67 bits per heavy atom. The molecule has 0 radical (unpaired) electrons. The summed E-state index contributed by atoms with van der Waals surface area (Å²) in [5.74, 6) is 0.181. The van der Waals surface area contributed by atoms with E-state index in [2.05, 4.69) is 41.4 Å². The van der Waals surface area contributed by atoms with Crippen molar-refractivity contribution in [3.63, 3.8) is 0 Å². The molecule has 2 rings (SSSR count). The summed E-state index contributed by atoms with van der Waals surface area (Å²) >= 11 is 0. The van der Waals surface area contributed by atoms with Crippen LogP contribution in [0.4, 0.5) is 0 Å². The first-order chi connectivity index (χ1) is 8.74. The van der Waals surface area contributed by atoms with Crippen LogP contribution < -0.4 is 5.32 Å².